The highest BCUT2D eigenvalue weighted by molar-refractivity contribution is 5.47. The standard InChI is InChI=1S/C14H19F2N3/c1-2-17-12-10(15)7-11(16)13(19-12)18-8-14(5-6-14)9-3-4-9/h7,9H,2-6,8H2,1H3,(H2,17,18,19). The number of pyridine rings is 1. The third-order valence-corrected chi connectivity index (χ3v) is 4.22. The average Bonchev–Trinajstić information content (AvgIpc) is 3.25. The number of rotatable bonds is 6. The van der Waals surface area contributed by atoms with Crippen molar-refractivity contribution in [3.63, 3.8) is 0 Å². The van der Waals surface area contributed by atoms with Gasteiger partial charge in [-0.15, -0.1) is 0 Å². The Balaban J connectivity index is 1.71. The van der Waals surface area contributed by atoms with Crippen LogP contribution in [-0.4, -0.2) is 18.1 Å². The van der Waals surface area contributed by atoms with E-state index in [4.69, 9.17) is 0 Å². The summed E-state index contributed by atoms with van der Waals surface area (Å²) in [7, 11) is 0. The summed E-state index contributed by atoms with van der Waals surface area (Å²) in [4.78, 5) is 4.00. The van der Waals surface area contributed by atoms with Crippen LogP contribution in [0.2, 0.25) is 0 Å². The first-order valence-corrected chi connectivity index (χ1v) is 6.98. The van der Waals surface area contributed by atoms with Crippen LogP contribution in [0.15, 0.2) is 6.07 Å². The lowest BCUT2D eigenvalue weighted by Gasteiger charge is -2.16. The van der Waals surface area contributed by atoms with Crippen molar-refractivity contribution in [2.45, 2.75) is 32.6 Å². The lowest BCUT2D eigenvalue weighted by molar-refractivity contribution is 0.464. The molecular formula is C14H19F2N3. The smallest absolute Gasteiger partial charge is 0.168 e. The van der Waals surface area contributed by atoms with Crippen LogP contribution in [0.5, 0.6) is 0 Å². The first-order chi connectivity index (χ1) is 9.14. The van der Waals surface area contributed by atoms with Gasteiger partial charge in [-0.2, -0.15) is 0 Å². The Kier molecular flexibility index (Phi) is 3.07. The molecule has 2 aliphatic carbocycles. The molecule has 0 spiro atoms. The third-order valence-electron chi connectivity index (χ3n) is 4.22. The van der Waals surface area contributed by atoms with Crippen LogP contribution in [-0.2, 0) is 0 Å². The quantitative estimate of drug-likeness (QED) is 0.829. The molecule has 2 aliphatic rings. The molecule has 2 saturated carbocycles. The van der Waals surface area contributed by atoms with E-state index in [1.54, 1.807) is 0 Å². The molecule has 0 radical (unpaired) electrons. The minimum Gasteiger partial charge on any atom is -0.368 e. The zero-order chi connectivity index (χ0) is 13.5. The molecule has 1 aromatic heterocycles. The van der Waals surface area contributed by atoms with Gasteiger partial charge < -0.3 is 10.6 Å². The van der Waals surface area contributed by atoms with E-state index >= 15 is 0 Å². The Labute approximate surface area is 111 Å². The van der Waals surface area contributed by atoms with Gasteiger partial charge in [-0.05, 0) is 43.9 Å². The summed E-state index contributed by atoms with van der Waals surface area (Å²) in [6.45, 7) is 3.16. The number of hydrogen-bond donors (Lipinski definition) is 2. The van der Waals surface area contributed by atoms with Gasteiger partial charge in [0.15, 0.2) is 23.3 Å². The zero-order valence-corrected chi connectivity index (χ0v) is 11.1. The van der Waals surface area contributed by atoms with Crippen molar-refractivity contribution in [3.8, 4) is 0 Å². The molecule has 1 aromatic rings. The van der Waals surface area contributed by atoms with E-state index < -0.39 is 11.6 Å². The van der Waals surface area contributed by atoms with Gasteiger partial charge >= 0.3 is 0 Å². The number of halogens is 2. The predicted molar refractivity (Wildman–Crippen MR) is 71.2 cm³/mol. The molecule has 0 saturated heterocycles. The van der Waals surface area contributed by atoms with Gasteiger partial charge in [0.1, 0.15) is 0 Å². The van der Waals surface area contributed by atoms with Gasteiger partial charge in [0.05, 0.1) is 0 Å². The Bertz CT molecular complexity index is 482. The van der Waals surface area contributed by atoms with Gasteiger partial charge in [-0.1, -0.05) is 0 Å². The molecule has 0 aliphatic heterocycles. The normalized spacial score (nSPS) is 20.2. The van der Waals surface area contributed by atoms with Crippen LogP contribution in [0.25, 0.3) is 0 Å². The molecule has 0 atom stereocenters. The number of nitrogens with one attached hydrogen (secondary N) is 2. The van der Waals surface area contributed by atoms with Gasteiger partial charge in [-0.25, -0.2) is 13.8 Å². The molecule has 2 N–H and O–H groups in total. The Hall–Kier alpha value is -1.39. The van der Waals surface area contributed by atoms with Crippen molar-refractivity contribution >= 4 is 11.6 Å². The average molecular weight is 267 g/mol. The van der Waals surface area contributed by atoms with Crippen molar-refractivity contribution in [1.82, 2.24) is 4.98 Å². The Morgan fingerprint density at radius 3 is 2.37 bits per heavy atom. The van der Waals surface area contributed by atoms with Gasteiger partial charge in [-0.3, -0.25) is 0 Å². The summed E-state index contributed by atoms with van der Waals surface area (Å²) < 4.78 is 27.1. The highest BCUT2D eigenvalue weighted by Gasteiger charge is 2.53. The van der Waals surface area contributed by atoms with Crippen LogP contribution in [0, 0.1) is 23.0 Å². The molecule has 104 valence electrons. The third kappa shape index (κ3) is 2.51. The number of anilines is 2. The number of nitrogens with zero attached hydrogens (tertiary/aromatic N) is 1. The minimum atomic E-state index is -0.645. The van der Waals surface area contributed by atoms with Gasteiger partial charge in [0.25, 0.3) is 0 Å². The van der Waals surface area contributed by atoms with Gasteiger partial charge in [0, 0.05) is 19.2 Å². The first kappa shape index (κ1) is 12.6. The number of hydrogen-bond acceptors (Lipinski definition) is 3. The predicted octanol–water partition coefficient (Wildman–Crippen LogP) is 3.39. The molecule has 0 bridgehead atoms. The van der Waals surface area contributed by atoms with Gasteiger partial charge in [0.2, 0.25) is 0 Å². The van der Waals surface area contributed by atoms with Crippen molar-refractivity contribution in [3.05, 3.63) is 17.7 Å². The monoisotopic (exact) mass is 267 g/mol. The molecule has 19 heavy (non-hydrogen) atoms. The molecule has 1 heterocycles. The molecule has 0 aromatic carbocycles. The van der Waals surface area contributed by atoms with E-state index in [2.05, 4.69) is 15.6 Å². The van der Waals surface area contributed by atoms with E-state index in [9.17, 15) is 8.78 Å². The van der Waals surface area contributed by atoms with E-state index in [1.165, 1.54) is 25.7 Å². The Morgan fingerprint density at radius 1 is 1.21 bits per heavy atom. The lowest BCUT2D eigenvalue weighted by atomic mass is 10.0. The fraction of sp³-hybridized carbons (Fsp3) is 0.643. The first-order valence-electron chi connectivity index (χ1n) is 6.98. The second-order valence-electron chi connectivity index (χ2n) is 5.67. The molecule has 3 rings (SSSR count). The minimum absolute atomic E-state index is 0.114. The summed E-state index contributed by atoms with van der Waals surface area (Å²) >= 11 is 0. The van der Waals surface area contributed by atoms with E-state index in [0.717, 1.165) is 18.5 Å². The molecule has 3 nitrogen and oxygen atoms in total. The zero-order valence-electron chi connectivity index (χ0n) is 11.1. The summed E-state index contributed by atoms with van der Waals surface area (Å²) in [5, 5.41) is 5.87. The second kappa shape index (κ2) is 4.62. The highest BCUT2D eigenvalue weighted by Crippen LogP contribution is 2.61. The summed E-state index contributed by atoms with van der Waals surface area (Å²) in [6, 6.07) is 0.893. The summed E-state index contributed by atoms with van der Waals surface area (Å²) in [5.74, 6) is -0.192. The molecule has 2 fully saturated rings. The summed E-state index contributed by atoms with van der Waals surface area (Å²) in [6.07, 6.45) is 5.02. The highest BCUT2D eigenvalue weighted by atomic mass is 19.1. The van der Waals surface area contributed by atoms with Crippen LogP contribution < -0.4 is 10.6 Å². The largest absolute Gasteiger partial charge is 0.368 e. The topological polar surface area (TPSA) is 37.0 Å². The van der Waals surface area contributed by atoms with E-state index in [0.29, 0.717) is 12.0 Å². The fourth-order valence-electron chi connectivity index (χ4n) is 2.73. The Morgan fingerprint density at radius 2 is 1.84 bits per heavy atom. The van der Waals surface area contributed by atoms with E-state index in [-0.39, 0.29) is 11.6 Å². The van der Waals surface area contributed by atoms with Crippen molar-refractivity contribution < 1.29 is 8.78 Å². The van der Waals surface area contributed by atoms with Crippen LogP contribution >= 0.6 is 0 Å². The molecule has 0 unspecified atom stereocenters. The van der Waals surface area contributed by atoms with E-state index in [1.807, 2.05) is 6.92 Å². The fourth-order valence-corrected chi connectivity index (χ4v) is 2.73. The van der Waals surface area contributed by atoms with Crippen LogP contribution in [0.3, 0.4) is 0 Å². The summed E-state index contributed by atoms with van der Waals surface area (Å²) in [5.41, 5.74) is 0.362. The maximum atomic E-state index is 13.7. The van der Waals surface area contributed by atoms with Crippen molar-refractivity contribution in [2.24, 2.45) is 11.3 Å². The van der Waals surface area contributed by atoms with Crippen molar-refractivity contribution in [1.29, 1.82) is 0 Å². The molecular weight excluding hydrogens is 248 g/mol. The second-order valence-corrected chi connectivity index (χ2v) is 5.67. The number of aromatic nitrogens is 1. The maximum absolute atomic E-state index is 13.7. The van der Waals surface area contributed by atoms with Crippen LogP contribution in [0.1, 0.15) is 32.6 Å². The molecule has 5 heteroatoms. The SMILES string of the molecule is CCNc1nc(NCC2(C3CC3)CC2)c(F)cc1F. The molecule has 0 amide bonds. The maximum Gasteiger partial charge on any atom is 0.168 e. The lowest BCUT2D eigenvalue weighted by Crippen LogP contribution is -2.19. The van der Waals surface area contributed by atoms with Crippen molar-refractivity contribution in [2.75, 3.05) is 23.7 Å². The van der Waals surface area contributed by atoms with Crippen LogP contribution in [0.4, 0.5) is 20.4 Å².